The van der Waals surface area contributed by atoms with E-state index in [0.717, 1.165) is 0 Å². The first-order valence-corrected chi connectivity index (χ1v) is 4.32. The predicted octanol–water partition coefficient (Wildman–Crippen LogP) is 0.271. The standard InChI is InChI=1S/C4H9NO2P2S/c6-3(8)2(1-10)5-4(7)9/h2,10H,1,8-9H2,(H,5,7). The zero-order chi connectivity index (χ0) is 8.15. The van der Waals surface area contributed by atoms with Gasteiger partial charge in [-0.15, -0.1) is 0 Å². The van der Waals surface area contributed by atoms with E-state index in [-0.39, 0.29) is 11.2 Å². The van der Waals surface area contributed by atoms with Gasteiger partial charge in [-0.25, -0.2) is 0 Å². The molecule has 0 radical (unpaired) electrons. The van der Waals surface area contributed by atoms with Crippen LogP contribution in [0.3, 0.4) is 0 Å². The Bertz CT molecular complexity index is 152. The Balaban J connectivity index is 3.83. The Hall–Kier alpha value is 0.350. The molecule has 0 fully saturated rings. The molecule has 58 valence electrons. The fraction of sp³-hybridized carbons (Fsp3) is 0.500. The second-order valence-corrected chi connectivity index (χ2v) is 3.10. The van der Waals surface area contributed by atoms with Crippen LogP contribution in [0, 0.1) is 0 Å². The number of thiol groups is 1. The van der Waals surface area contributed by atoms with E-state index in [1.165, 1.54) is 0 Å². The lowest BCUT2D eigenvalue weighted by Gasteiger charge is -2.09. The van der Waals surface area contributed by atoms with Crippen molar-refractivity contribution >= 4 is 42.3 Å². The highest BCUT2D eigenvalue weighted by Crippen LogP contribution is 1.98. The Morgan fingerprint density at radius 2 is 2.00 bits per heavy atom. The van der Waals surface area contributed by atoms with E-state index in [0.29, 0.717) is 5.75 Å². The van der Waals surface area contributed by atoms with E-state index < -0.39 is 6.04 Å². The maximum atomic E-state index is 10.6. The highest BCUT2D eigenvalue weighted by Gasteiger charge is 2.11. The van der Waals surface area contributed by atoms with Crippen LogP contribution in [0.25, 0.3) is 0 Å². The normalized spacial score (nSPS) is 12.3. The van der Waals surface area contributed by atoms with Crippen molar-refractivity contribution in [3.05, 3.63) is 0 Å². The van der Waals surface area contributed by atoms with Crippen LogP contribution in [-0.4, -0.2) is 23.0 Å². The topological polar surface area (TPSA) is 46.2 Å². The van der Waals surface area contributed by atoms with Crippen molar-refractivity contribution in [2.75, 3.05) is 5.75 Å². The highest BCUT2D eigenvalue weighted by molar-refractivity contribution is 7.80. The van der Waals surface area contributed by atoms with Gasteiger partial charge >= 0.3 is 0 Å². The van der Waals surface area contributed by atoms with Gasteiger partial charge in [-0.1, -0.05) is 9.24 Å². The molecule has 0 spiro atoms. The van der Waals surface area contributed by atoms with Gasteiger partial charge in [-0.3, -0.25) is 9.59 Å². The van der Waals surface area contributed by atoms with Gasteiger partial charge in [-0.2, -0.15) is 12.6 Å². The van der Waals surface area contributed by atoms with Crippen LogP contribution in [0.4, 0.5) is 4.79 Å². The van der Waals surface area contributed by atoms with Crippen molar-refractivity contribution < 1.29 is 9.59 Å². The minimum absolute atomic E-state index is 0.161. The summed E-state index contributed by atoms with van der Waals surface area (Å²) in [7, 11) is 3.93. The molecule has 0 aliphatic carbocycles. The number of hydrogen-bond donors (Lipinski definition) is 2. The molecule has 0 aliphatic rings. The third-order valence-electron chi connectivity index (χ3n) is 0.843. The maximum absolute atomic E-state index is 10.6. The summed E-state index contributed by atoms with van der Waals surface area (Å²) >= 11 is 3.87. The molecule has 10 heavy (non-hydrogen) atoms. The lowest BCUT2D eigenvalue weighted by atomic mass is 10.4. The van der Waals surface area contributed by atoms with Gasteiger partial charge in [0, 0.05) is 5.75 Å². The average Bonchev–Trinajstić information content (AvgIpc) is 1.81. The van der Waals surface area contributed by atoms with E-state index in [2.05, 4.69) is 17.9 Å². The fourth-order valence-corrected chi connectivity index (χ4v) is 1.25. The SMILES string of the molecule is O=C(P)NC(CS)C(=O)P. The minimum atomic E-state index is -0.488. The Morgan fingerprint density at radius 3 is 2.10 bits per heavy atom. The Kier molecular flexibility index (Phi) is 5.24. The van der Waals surface area contributed by atoms with Crippen LogP contribution in [0.15, 0.2) is 0 Å². The molecule has 0 bridgehead atoms. The van der Waals surface area contributed by atoms with Crippen LogP contribution in [-0.2, 0) is 4.79 Å². The van der Waals surface area contributed by atoms with E-state index in [1.54, 1.807) is 0 Å². The summed E-state index contributed by atoms with van der Waals surface area (Å²) < 4.78 is 0. The molecule has 1 amide bonds. The smallest absolute Gasteiger partial charge is 0.235 e. The third-order valence-corrected chi connectivity index (χ3v) is 1.78. The van der Waals surface area contributed by atoms with Crippen LogP contribution in [0.1, 0.15) is 0 Å². The highest BCUT2D eigenvalue weighted by atomic mass is 32.1. The van der Waals surface area contributed by atoms with Gasteiger partial charge in [0.2, 0.25) is 5.65 Å². The number of rotatable bonds is 3. The zero-order valence-electron chi connectivity index (χ0n) is 5.20. The number of nitrogens with one attached hydrogen (secondary N) is 1. The quantitative estimate of drug-likeness (QED) is 0.504. The summed E-state index contributed by atoms with van der Waals surface area (Å²) in [6.07, 6.45) is 0. The molecule has 0 saturated heterocycles. The molecule has 3 unspecified atom stereocenters. The number of carbonyl (C=O) groups excluding carboxylic acids is 2. The van der Waals surface area contributed by atoms with Crippen molar-refractivity contribution in [3.8, 4) is 0 Å². The van der Waals surface area contributed by atoms with Crippen LogP contribution >= 0.6 is 31.1 Å². The molecule has 0 aromatic rings. The van der Waals surface area contributed by atoms with Crippen molar-refractivity contribution in [3.63, 3.8) is 0 Å². The third kappa shape index (κ3) is 4.21. The first kappa shape index (κ1) is 10.3. The molecular formula is C4H9NO2P2S. The summed E-state index contributed by atoms with van der Waals surface area (Å²) in [5.41, 5.74) is -0.458. The van der Waals surface area contributed by atoms with Crippen LogP contribution in [0.2, 0.25) is 0 Å². The van der Waals surface area contributed by atoms with E-state index in [4.69, 9.17) is 0 Å². The molecule has 3 atom stereocenters. The van der Waals surface area contributed by atoms with Crippen molar-refractivity contribution in [1.29, 1.82) is 0 Å². The maximum Gasteiger partial charge on any atom is 0.235 e. The monoisotopic (exact) mass is 197 g/mol. The van der Waals surface area contributed by atoms with E-state index in [9.17, 15) is 9.59 Å². The molecule has 3 nitrogen and oxygen atoms in total. The lowest BCUT2D eigenvalue weighted by Crippen LogP contribution is -2.36. The largest absolute Gasteiger partial charge is 0.342 e. The van der Waals surface area contributed by atoms with E-state index >= 15 is 0 Å². The Morgan fingerprint density at radius 1 is 1.50 bits per heavy atom. The molecule has 6 heteroatoms. The zero-order valence-corrected chi connectivity index (χ0v) is 8.41. The number of amides is 1. The van der Waals surface area contributed by atoms with Gasteiger partial charge < -0.3 is 5.32 Å². The predicted molar refractivity (Wildman–Crippen MR) is 50.6 cm³/mol. The molecular weight excluding hydrogens is 188 g/mol. The molecule has 0 aromatic heterocycles. The fourth-order valence-electron chi connectivity index (χ4n) is 0.378. The summed E-state index contributed by atoms with van der Waals surface area (Å²) in [6.45, 7) is 0. The summed E-state index contributed by atoms with van der Waals surface area (Å²) in [6, 6.07) is -0.488. The molecule has 0 saturated carbocycles. The number of hydrogen-bond acceptors (Lipinski definition) is 3. The second kappa shape index (κ2) is 5.06. The first-order valence-electron chi connectivity index (χ1n) is 2.54. The van der Waals surface area contributed by atoms with Crippen molar-refractivity contribution in [1.82, 2.24) is 5.32 Å². The van der Waals surface area contributed by atoms with Crippen molar-refractivity contribution in [2.24, 2.45) is 0 Å². The summed E-state index contributed by atoms with van der Waals surface area (Å²) in [5.74, 6) is 0.322. The van der Waals surface area contributed by atoms with Crippen molar-refractivity contribution in [2.45, 2.75) is 6.04 Å². The summed E-state index contributed by atoms with van der Waals surface area (Å²) in [4.78, 5) is 21.0. The Labute approximate surface area is 69.5 Å². The molecule has 0 aliphatic heterocycles. The summed E-state index contributed by atoms with van der Waals surface area (Å²) in [5, 5.41) is 2.41. The molecule has 1 N–H and O–H groups in total. The van der Waals surface area contributed by atoms with E-state index in [1.807, 2.05) is 18.5 Å². The van der Waals surface area contributed by atoms with Gasteiger partial charge in [0.1, 0.15) is 6.04 Å². The van der Waals surface area contributed by atoms with Gasteiger partial charge in [0.15, 0.2) is 5.52 Å². The van der Waals surface area contributed by atoms with Crippen LogP contribution < -0.4 is 5.32 Å². The van der Waals surface area contributed by atoms with Gasteiger partial charge in [-0.05, 0) is 9.24 Å². The number of carbonyl (C=O) groups is 2. The second-order valence-electron chi connectivity index (χ2n) is 1.65. The molecule has 0 heterocycles. The van der Waals surface area contributed by atoms with Gasteiger partial charge in [0.25, 0.3) is 0 Å². The first-order chi connectivity index (χ1) is 4.57. The molecule has 0 rings (SSSR count). The van der Waals surface area contributed by atoms with Crippen LogP contribution in [0.5, 0.6) is 0 Å². The lowest BCUT2D eigenvalue weighted by molar-refractivity contribution is -0.112. The molecule has 0 aromatic carbocycles. The van der Waals surface area contributed by atoms with Gasteiger partial charge in [0.05, 0.1) is 0 Å². The minimum Gasteiger partial charge on any atom is -0.342 e. The average molecular weight is 197 g/mol.